The van der Waals surface area contributed by atoms with E-state index in [1.807, 2.05) is 141 Å². The minimum atomic E-state index is -0.831. The molecule has 10 nitrogen and oxygen atoms in total. The molecule has 5 aromatic carbocycles. The van der Waals surface area contributed by atoms with Gasteiger partial charge in [0, 0.05) is 37.0 Å². The molecule has 6 rings (SSSR count). The summed E-state index contributed by atoms with van der Waals surface area (Å²) in [6.07, 6.45) is -1.57. The quantitative estimate of drug-likeness (QED) is 0.0819. The first-order valence-electron chi connectivity index (χ1n) is 19.4. The summed E-state index contributed by atoms with van der Waals surface area (Å²) < 4.78 is 18.5. The average Bonchev–Trinajstić information content (AvgIpc) is 3.26. The number of likely N-dealkylation sites (N-methyl/N-ethyl adjacent to an activating group) is 1. The van der Waals surface area contributed by atoms with Gasteiger partial charge in [-0.15, -0.1) is 0 Å². The fourth-order valence-electron chi connectivity index (χ4n) is 7.25. The first kappa shape index (κ1) is 41.3. The Labute approximate surface area is 335 Å². The first-order chi connectivity index (χ1) is 27.6. The van der Waals surface area contributed by atoms with E-state index in [9.17, 15) is 19.8 Å². The molecule has 0 aliphatic carbocycles. The Morgan fingerprint density at radius 3 is 2.12 bits per heavy atom. The number of hydrogen-bond donors (Lipinski definition) is 4. The standard InChI is InChI=1S/C47H53N3O7/c1-31-42(29-50(3)32(2)43(52)36-16-9-6-10-17-36)56-46(57-44(31)37-23-21-34(30-51)22-24-37)40-20-12-19-39(27-40)38-18-11-15-35(25-38)28-48-47(54)49-41(45(53)55-4)26-33-13-7-5-8-14-33/h5-25,27,31-32,41-44,46,51-52H,26,28-30H2,1-4H3,(H2,48,49,54)/t31-,32-,41+,42+,43-,44+,46+/m1/s1. The van der Waals surface area contributed by atoms with E-state index >= 15 is 0 Å². The largest absolute Gasteiger partial charge is 0.467 e. The molecular formula is C47H53N3O7. The summed E-state index contributed by atoms with van der Waals surface area (Å²) in [7, 11) is 3.32. The summed E-state index contributed by atoms with van der Waals surface area (Å²) >= 11 is 0. The number of carbonyl (C=O) groups is 2. The van der Waals surface area contributed by atoms with Crippen LogP contribution in [-0.2, 0) is 38.6 Å². The summed E-state index contributed by atoms with van der Waals surface area (Å²) in [5, 5.41) is 26.5. The number of esters is 1. The molecule has 0 bridgehead atoms. The Morgan fingerprint density at radius 1 is 0.789 bits per heavy atom. The van der Waals surface area contributed by atoms with E-state index in [1.165, 1.54) is 7.11 Å². The molecule has 1 fully saturated rings. The minimum absolute atomic E-state index is 0.0319. The molecule has 57 heavy (non-hydrogen) atoms. The Hall–Kier alpha value is -5.36. The molecule has 0 spiro atoms. The van der Waals surface area contributed by atoms with Gasteiger partial charge in [-0.05, 0) is 65.0 Å². The van der Waals surface area contributed by atoms with Crippen molar-refractivity contribution in [2.45, 2.75) is 70.1 Å². The lowest BCUT2D eigenvalue weighted by Crippen LogP contribution is -2.47. The third-order valence-electron chi connectivity index (χ3n) is 10.8. The van der Waals surface area contributed by atoms with Crippen LogP contribution in [0.1, 0.15) is 65.7 Å². The third kappa shape index (κ3) is 10.7. The summed E-state index contributed by atoms with van der Waals surface area (Å²) in [5.74, 6) is -0.549. The van der Waals surface area contributed by atoms with E-state index in [-0.39, 0.29) is 37.3 Å². The molecule has 10 heteroatoms. The van der Waals surface area contributed by atoms with Crippen molar-refractivity contribution < 1.29 is 34.0 Å². The monoisotopic (exact) mass is 771 g/mol. The van der Waals surface area contributed by atoms with Crippen molar-refractivity contribution >= 4 is 12.0 Å². The maximum Gasteiger partial charge on any atom is 0.328 e. The van der Waals surface area contributed by atoms with Gasteiger partial charge in [-0.1, -0.05) is 128 Å². The highest BCUT2D eigenvalue weighted by atomic mass is 16.7. The first-order valence-corrected chi connectivity index (χ1v) is 19.4. The van der Waals surface area contributed by atoms with Gasteiger partial charge in [-0.2, -0.15) is 0 Å². The molecule has 1 heterocycles. The lowest BCUT2D eigenvalue weighted by molar-refractivity contribution is -0.276. The normalized spacial score (nSPS) is 19.6. The number of rotatable bonds is 15. The van der Waals surface area contributed by atoms with Crippen LogP contribution in [0.4, 0.5) is 4.79 Å². The molecule has 4 N–H and O–H groups in total. The van der Waals surface area contributed by atoms with Gasteiger partial charge in [0.2, 0.25) is 0 Å². The molecule has 0 saturated carbocycles. The van der Waals surface area contributed by atoms with Crippen LogP contribution in [0.2, 0.25) is 0 Å². The van der Waals surface area contributed by atoms with Crippen LogP contribution < -0.4 is 10.6 Å². The summed E-state index contributed by atoms with van der Waals surface area (Å²) in [4.78, 5) is 27.5. The maximum atomic E-state index is 12.9. The number of benzene rings is 5. The van der Waals surface area contributed by atoms with Gasteiger partial charge in [0.1, 0.15) is 6.04 Å². The molecule has 7 atom stereocenters. The number of nitrogens with zero attached hydrogens (tertiary/aromatic N) is 1. The summed E-state index contributed by atoms with van der Waals surface area (Å²) in [6, 6.07) is 41.5. The highest BCUT2D eigenvalue weighted by Gasteiger charge is 2.39. The number of urea groups is 1. The molecule has 1 saturated heterocycles. The highest BCUT2D eigenvalue weighted by molar-refractivity contribution is 5.83. The minimum Gasteiger partial charge on any atom is -0.467 e. The van der Waals surface area contributed by atoms with Gasteiger partial charge in [0.25, 0.3) is 0 Å². The Kier molecular flexibility index (Phi) is 14.2. The predicted molar refractivity (Wildman–Crippen MR) is 220 cm³/mol. The zero-order valence-corrected chi connectivity index (χ0v) is 33.0. The molecule has 0 unspecified atom stereocenters. The lowest BCUT2D eigenvalue weighted by atomic mass is 9.89. The fourth-order valence-corrected chi connectivity index (χ4v) is 7.25. The fraction of sp³-hybridized carbons (Fsp3) is 0.319. The van der Waals surface area contributed by atoms with E-state index in [0.717, 1.165) is 44.5 Å². The van der Waals surface area contributed by atoms with Crippen LogP contribution in [0, 0.1) is 5.92 Å². The molecule has 0 radical (unpaired) electrons. The number of aliphatic hydroxyl groups is 2. The highest BCUT2D eigenvalue weighted by Crippen LogP contribution is 2.42. The second kappa shape index (κ2) is 19.7. The molecule has 1 aliphatic rings. The van der Waals surface area contributed by atoms with E-state index in [0.29, 0.717) is 13.0 Å². The van der Waals surface area contributed by atoms with Gasteiger partial charge >= 0.3 is 12.0 Å². The summed E-state index contributed by atoms with van der Waals surface area (Å²) in [6.45, 7) is 4.92. The Morgan fingerprint density at radius 2 is 1.44 bits per heavy atom. The van der Waals surface area contributed by atoms with Crippen molar-refractivity contribution in [2.24, 2.45) is 5.92 Å². The van der Waals surface area contributed by atoms with Crippen molar-refractivity contribution in [3.05, 3.63) is 167 Å². The molecule has 0 aromatic heterocycles. The Balaban J connectivity index is 1.17. The third-order valence-corrected chi connectivity index (χ3v) is 10.8. The number of ether oxygens (including phenoxy) is 3. The molecule has 2 amide bonds. The zero-order chi connectivity index (χ0) is 40.3. The van der Waals surface area contributed by atoms with Gasteiger partial charge in [-0.3, -0.25) is 4.90 Å². The topological polar surface area (TPSA) is 130 Å². The maximum absolute atomic E-state index is 12.9. The van der Waals surface area contributed by atoms with Crippen molar-refractivity contribution in [1.82, 2.24) is 15.5 Å². The molecule has 1 aliphatic heterocycles. The summed E-state index contributed by atoms with van der Waals surface area (Å²) in [5.41, 5.74) is 7.24. The number of nitrogens with one attached hydrogen (secondary N) is 2. The predicted octanol–water partition coefficient (Wildman–Crippen LogP) is 7.27. The van der Waals surface area contributed by atoms with E-state index in [4.69, 9.17) is 14.2 Å². The van der Waals surface area contributed by atoms with E-state index < -0.39 is 30.4 Å². The SMILES string of the molecule is COC(=O)[C@H](Cc1ccccc1)NC(=O)NCc1cccc(-c2cccc([C@H]3O[C@@H](CN(C)[C@H](C)[C@@H](O)c4ccccc4)[C@@H](C)[C@@H](c4ccc(CO)cc4)O3)c2)c1. The van der Waals surface area contributed by atoms with E-state index in [1.54, 1.807) is 0 Å². The van der Waals surface area contributed by atoms with Crippen LogP contribution in [0.15, 0.2) is 133 Å². The molecule has 298 valence electrons. The van der Waals surface area contributed by atoms with Gasteiger partial charge in [0.15, 0.2) is 6.29 Å². The Bertz CT molecular complexity index is 2050. The second-order valence-corrected chi connectivity index (χ2v) is 14.8. The lowest BCUT2D eigenvalue weighted by Gasteiger charge is -2.43. The van der Waals surface area contributed by atoms with Crippen molar-refractivity contribution in [3.8, 4) is 11.1 Å². The number of aliphatic hydroxyl groups excluding tert-OH is 2. The number of amides is 2. The van der Waals surface area contributed by atoms with Gasteiger partial charge in [0.05, 0.1) is 32.0 Å². The van der Waals surface area contributed by atoms with Crippen molar-refractivity contribution in [3.63, 3.8) is 0 Å². The van der Waals surface area contributed by atoms with E-state index in [2.05, 4.69) is 28.5 Å². The van der Waals surface area contributed by atoms with Crippen molar-refractivity contribution in [2.75, 3.05) is 20.7 Å². The van der Waals surface area contributed by atoms with Crippen LogP contribution in [-0.4, -0.2) is 66.0 Å². The smallest absolute Gasteiger partial charge is 0.328 e. The molecule has 5 aromatic rings. The van der Waals surface area contributed by atoms with Crippen molar-refractivity contribution in [1.29, 1.82) is 0 Å². The van der Waals surface area contributed by atoms with Crippen LogP contribution in [0.3, 0.4) is 0 Å². The number of methoxy groups -OCH3 is 1. The van der Waals surface area contributed by atoms with Gasteiger partial charge < -0.3 is 35.1 Å². The second-order valence-electron chi connectivity index (χ2n) is 14.8. The van der Waals surface area contributed by atoms with Crippen LogP contribution in [0.25, 0.3) is 11.1 Å². The molecular weight excluding hydrogens is 719 g/mol. The number of carbonyl (C=O) groups excluding carboxylic acids is 2. The average molecular weight is 772 g/mol. The number of hydrogen-bond acceptors (Lipinski definition) is 8. The van der Waals surface area contributed by atoms with Gasteiger partial charge in [-0.25, -0.2) is 9.59 Å². The zero-order valence-electron chi connectivity index (χ0n) is 33.0. The van der Waals surface area contributed by atoms with Crippen LogP contribution >= 0.6 is 0 Å². The van der Waals surface area contributed by atoms with Crippen LogP contribution in [0.5, 0.6) is 0 Å².